The van der Waals surface area contributed by atoms with E-state index in [4.69, 9.17) is 4.74 Å². The summed E-state index contributed by atoms with van der Waals surface area (Å²) < 4.78 is 33.1. The van der Waals surface area contributed by atoms with Crippen LogP contribution in [0.25, 0.3) is 0 Å². The number of ether oxygens (including phenoxy) is 1. The Morgan fingerprint density at radius 2 is 2.00 bits per heavy atom. The zero-order valence-electron chi connectivity index (χ0n) is 15.3. The first-order valence-corrected chi connectivity index (χ1v) is 10.2. The van der Waals surface area contributed by atoms with Crippen LogP contribution in [0.3, 0.4) is 0 Å². The number of hydrogen-bond donors (Lipinski definition) is 0. The third-order valence-corrected chi connectivity index (χ3v) is 6.96. The van der Waals surface area contributed by atoms with Gasteiger partial charge in [0.25, 0.3) is 5.91 Å². The van der Waals surface area contributed by atoms with Crippen molar-refractivity contribution in [3.8, 4) is 5.75 Å². The number of carbonyl (C=O) groups excluding carboxylic acids is 1. The molecule has 1 atom stereocenters. The van der Waals surface area contributed by atoms with Gasteiger partial charge >= 0.3 is 0 Å². The number of hydrogen-bond acceptors (Lipinski definition) is 5. The molecule has 1 aromatic carbocycles. The molecule has 1 spiro atoms. The number of aromatic nitrogens is 1. The number of pyridine rings is 1. The largest absolute Gasteiger partial charge is 0.483 e. The van der Waals surface area contributed by atoms with Crippen LogP contribution in [-0.2, 0) is 10.0 Å². The molecule has 0 unspecified atom stereocenters. The molecule has 1 fully saturated rings. The smallest absolute Gasteiger partial charge is 0.272 e. The number of amides is 1. The Hall–Kier alpha value is -2.45. The van der Waals surface area contributed by atoms with E-state index in [-0.39, 0.29) is 17.3 Å². The number of para-hydroxylation sites is 1. The normalized spacial score (nSPS) is 24.3. The van der Waals surface area contributed by atoms with Crippen LogP contribution >= 0.6 is 0 Å². The Labute approximate surface area is 158 Å². The standard InChI is InChI=1S/C19H21N3O4S/c1-14-7-9-20-15(11-14)18(23)22-10-8-19(13-22)12-21(2)27(24,25)17-6-4-3-5-16(17)26-19/h3-7,9,11H,8,10,12-13H2,1-2H3/t19-/m1/s1. The summed E-state index contributed by atoms with van der Waals surface area (Å²) in [6.45, 7) is 2.91. The van der Waals surface area contributed by atoms with E-state index in [9.17, 15) is 13.2 Å². The van der Waals surface area contributed by atoms with Gasteiger partial charge in [-0.25, -0.2) is 8.42 Å². The summed E-state index contributed by atoms with van der Waals surface area (Å²) in [6, 6.07) is 10.2. The molecule has 7 nitrogen and oxygen atoms in total. The third kappa shape index (κ3) is 3.08. The first-order chi connectivity index (χ1) is 12.8. The summed E-state index contributed by atoms with van der Waals surface area (Å²) in [5.74, 6) is 0.173. The highest BCUT2D eigenvalue weighted by atomic mass is 32.2. The number of nitrogens with zero attached hydrogens (tertiary/aromatic N) is 3. The Balaban J connectivity index is 1.65. The van der Waals surface area contributed by atoms with Gasteiger partial charge in [-0.05, 0) is 36.8 Å². The molecule has 142 valence electrons. The van der Waals surface area contributed by atoms with Crippen LogP contribution in [0.2, 0.25) is 0 Å². The second-order valence-electron chi connectivity index (χ2n) is 7.19. The fourth-order valence-electron chi connectivity index (χ4n) is 3.72. The van der Waals surface area contributed by atoms with Crippen molar-refractivity contribution in [3.05, 3.63) is 53.9 Å². The van der Waals surface area contributed by atoms with Crippen LogP contribution in [0.15, 0.2) is 47.5 Å². The van der Waals surface area contributed by atoms with E-state index in [0.717, 1.165) is 5.56 Å². The number of sulfonamides is 1. The number of benzene rings is 1. The van der Waals surface area contributed by atoms with Crippen molar-refractivity contribution in [1.29, 1.82) is 0 Å². The predicted molar refractivity (Wildman–Crippen MR) is 99.1 cm³/mol. The van der Waals surface area contributed by atoms with E-state index in [0.29, 0.717) is 31.0 Å². The number of likely N-dealkylation sites (tertiary alicyclic amines) is 1. The summed E-state index contributed by atoms with van der Waals surface area (Å²) >= 11 is 0. The molecule has 1 saturated heterocycles. The van der Waals surface area contributed by atoms with Gasteiger partial charge in [0.2, 0.25) is 10.0 Å². The van der Waals surface area contributed by atoms with Gasteiger partial charge in [0, 0.05) is 26.2 Å². The topological polar surface area (TPSA) is 79.8 Å². The Bertz CT molecular complexity index is 1010. The molecule has 4 rings (SSSR count). The highest BCUT2D eigenvalue weighted by Gasteiger charge is 2.48. The van der Waals surface area contributed by atoms with Gasteiger partial charge < -0.3 is 9.64 Å². The van der Waals surface area contributed by atoms with Gasteiger partial charge in [-0.1, -0.05) is 12.1 Å². The van der Waals surface area contributed by atoms with Crippen LogP contribution in [0.1, 0.15) is 22.5 Å². The monoisotopic (exact) mass is 387 g/mol. The van der Waals surface area contributed by atoms with Crippen molar-refractivity contribution in [1.82, 2.24) is 14.2 Å². The quantitative estimate of drug-likeness (QED) is 0.744. The van der Waals surface area contributed by atoms with Gasteiger partial charge in [-0.15, -0.1) is 0 Å². The molecule has 8 heteroatoms. The van der Waals surface area contributed by atoms with Gasteiger partial charge in [-0.3, -0.25) is 9.78 Å². The number of likely N-dealkylation sites (N-methyl/N-ethyl adjacent to an activating group) is 1. The average molecular weight is 387 g/mol. The molecule has 2 aliphatic heterocycles. The predicted octanol–water partition coefficient (Wildman–Crippen LogP) is 1.69. The molecule has 1 aromatic heterocycles. The van der Waals surface area contributed by atoms with Gasteiger partial charge in [0.1, 0.15) is 21.9 Å². The molecule has 0 N–H and O–H groups in total. The van der Waals surface area contributed by atoms with Gasteiger partial charge in [0.15, 0.2) is 0 Å². The highest BCUT2D eigenvalue weighted by molar-refractivity contribution is 7.89. The third-order valence-electron chi connectivity index (χ3n) is 5.11. The van der Waals surface area contributed by atoms with Gasteiger partial charge in [0.05, 0.1) is 13.1 Å². The Kier molecular flexibility index (Phi) is 4.20. The SMILES string of the molecule is Cc1ccnc(C(=O)N2CC[C@]3(C2)CN(C)S(=O)(=O)c2ccccc2O3)c1. The lowest BCUT2D eigenvalue weighted by Gasteiger charge is -2.30. The molecule has 0 aliphatic carbocycles. The molecule has 0 saturated carbocycles. The van der Waals surface area contributed by atoms with E-state index in [1.165, 1.54) is 4.31 Å². The molecule has 3 heterocycles. The number of rotatable bonds is 1. The molecule has 0 radical (unpaired) electrons. The minimum absolute atomic E-state index is 0.162. The van der Waals surface area contributed by atoms with Crippen molar-refractivity contribution in [3.63, 3.8) is 0 Å². The van der Waals surface area contributed by atoms with Crippen molar-refractivity contribution >= 4 is 15.9 Å². The second-order valence-corrected chi connectivity index (χ2v) is 9.20. The average Bonchev–Trinajstić information content (AvgIpc) is 3.01. The molecule has 2 aromatic rings. The maximum Gasteiger partial charge on any atom is 0.272 e. The number of carbonyl (C=O) groups is 1. The van der Waals surface area contributed by atoms with Crippen LogP contribution in [0, 0.1) is 6.92 Å². The molecule has 0 bridgehead atoms. The molecule has 2 aliphatic rings. The van der Waals surface area contributed by atoms with Crippen molar-refractivity contribution in [2.24, 2.45) is 0 Å². The molecular formula is C19H21N3O4S. The molecule has 27 heavy (non-hydrogen) atoms. The fourth-order valence-corrected chi connectivity index (χ4v) is 5.07. The van der Waals surface area contributed by atoms with Crippen molar-refractivity contribution in [2.45, 2.75) is 23.8 Å². The van der Waals surface area contributed by atoms with E-state index in [2.05, 4.69) is 4.98 Å². The van der Waals surface area contributed by atoms with Crippen molar-refractivity contribution in [2.75, 3.05) is 26.7 Å². The number of aryl methyl sites for hydroxylation is 1. The van der Waals surface area contributed by atoms with Crippen LogP contribution in [0.5, 0.6) is 5.75 Å². The first kappa shape index (κ1) is 17.9. The molecular weight excluding hydrogens is 366 g/mol. The van der Waals surface area contributed by atoms with Crippen molar-refractivity contribution < 1.29 is 17.9 Å². The summed E-state index contributed by atoms with van der Waals surface area (Å²) in [6.07, 6.45) is 2.17. The lowest BCUT2D eigenvalue weighted by atomic mass is 10.0. The fraction of sp³-hybridized carbons (Fsp3) is 0.368. The van der Waals surface area contributed by atoms with E-state index in [1.54, 1.807) is 48.5 Å². The van der Waals surface area contributed by atoms with E-state index in [1.807, 2.05) is 13.0 Å². The summed E-state index contributed by atoms with van der Waals surface area (Å²) in [7, 11) is -2.07. The van der Waals surface area contributed by atoms with Crippen LogP contribution in [0.4, 0.5) is 0 Å². The molecule has 1 amide bonds. The zero-order valence-corrected chi connectivity index (χ0v) is 16.1. The second kappa shape index (κ2) is 6.31. The van der Waals surface area contributed by atoms with Crippen LogP contribution in [-0.4, -0.2) is 60.8 Å². The summed E-state index contributed by atoms with van der Waals surface area (Å²) in [4.78, 5) is 18.9. The summed E-state index contributed by atoms with van der Waals surface area (Å²) in [5.41, 5.74) is 0.586. The lowest BCUT2D eigenvalue weighted by Crippen LogP contribution is -2.48. The van der Waals surface area contributed by atoms with Gasteiger partial charge in [-0.2, -0.15) is 4.31 Å². The zero-order chi connectivity index (χ0) is 19.2. The highest BCUT2D eigenvalue weighted by Crippen LogP contribution is 2.37. The maximum absolute atomic E-state index is 12.8. The Morgan fingerprint density at radius 1 is 1.22 bits per heavy atom. The summed E-state index contributed by atoms with van der Waals surface area (Å²) in [5, 5.41) is 0. The van der Waals surface area contributed by atoms with E-state index >= 15 is 0 Å². The lowest BCUT2D eigenvalue weighted by molar-refractivity contribution is 0.0541. The van der Waals surface area contributed by atoms with E-state index < -0.39 is 15.6 Å². The first-order valence-electron chi connectivity index (χ1n) is 8.77. The maximum atomic E-state index is 12.8. The number of fused-ring (bicyclic) bond motifs is 1. The minimum Gasteiger partial charge on any atom is -0.483 e. The minimum atomic E-state index is -3.62. The van der Waals surface area contributed by atoms with Crippen LogP contribution < -0.4 is 4.74 Å². The Morgan fingerprint density at radius 3 is 2.78 bits per heavy atom.